The molecule has 6 heterocycles. The number of imide groups is 1. The number of aromatic amines is 1. The van der Waals surface area contributed by atoms with E-state index in [1.807, 2.05) is 35.2 Å². The fourth-order valence-corrected chi connectivity index (χ4v) is 5.96. The molecule has 3 amide bonds. The van der Waals surface area contributed by atoms with Crippen LogP contribution in [-0.2, 0) is 22.7 Å². The van der Waals surface area contributed by atoms with Crippen LogP contribution < -0.4 is 5.32 Å². The molecule has 7 rings (SSSR count). The highest BCUT2D eigenvalue weighted by Gasteiger charge is 2.39. The first kappa shape index (κ1) is 22.9. The predicted molar refractivity (Wildman–Crippen MR) is 139 cm³/mol. The molecule has 0 saturated carbocycles. The van der Waals surface area contributed by atoms with Crippen LogP contribution in [0.25, 0.3) is 28.0 Å². The zero-order valence-electron chi connectivity index (χ0n) is 20.8. The predicted octanol–water partition coefficient (Wildman–Crippen LogP) is 2.77. The SMILES string of the molecule is O=C1CC[C@H](N2Cc3cc(-c4cc(CN5CCCC5)c5ccn(-c6cn[nH]c6)c5n4)ccc3C2=O)C(=O)N1. The van der Waals surface area contributed by atoms with Crippen molar-refractivity contribution in [1.82, 2.24) is 34.9 Å². The molecule has 1 aromatic carbocycles. The number of likely N-dealkylation sites (tertiary alicyclic amines) is 1. The second-order valence-electron chi connectivity index (χ2n) is 10.3. The van der Waals surface area contributed by atoms with Gasteiger partial charge in [-0.05, 0) is 67.7 Å². The molecule has 0 unspecified atom stereocenters. The van der Waals surface area contributed by atoms with Crippen molar-refractivity contribution in [2.45, 2.75) is 44.8 Å². The molecule has 3 aliphatic heterocycles. The van der Waals surface area contributed by atoms with Crippen molar-refractivity contribution >= 4 is 28.8 Å². The lowest BCUT2D eigenvalue weighted by molar-refractivity contribution is -0.136. The van der Waals surface area contributed by atoms with Gasteiger partial charge in [0.05, 0.1) is 17.6 Å². The summed E-state index contributed by atoms with van der Waals surface area (Å²) in [5, 5.41) is 10.5. The molecule has 0 radical (unpaired) electrons. The average molecular weight is 510 g/mol. The number of carbonyl (C=O) groups excluding carboxylic acids is 3. The number of nitrogens with one attached hydrogen (secondary N) is 2. The second kappa shape index (κ2) is 8.91. The van der Waals surface area contributed by atoms with Crippen LogP contribution in [0.1, 0.15) is 47.2 Å². The number of piperidine rings is 1. The third-order valence-corrected chi connectivity index (χ3v) is 7.92. The van der Waals surface area contributed by atoms with Crippen molar-refractivity contribution in [3.63, 3.8) is 0 Å². The van der Waals surface area contributed by atoms with Gasteiger partial charge in [-0.3, -0.25) is 34.3 Å². The van der Waals surface area contributed by atoms with Gasteiger partial charge < -0.3 is 4.90 Å². The van der Waals surface area contributed by atoms with Gasteiger partial charge in [0.2, 0.25) is 11.8 Å². The minimum Gasteiger partial charge on any atom is -0.322 e. The lowest BCUT2D eigenvalue weighted by atomic mass is 10.0. The van der Waals surface area contributed by atoms with Gasteiger partial charge in [-0.2, -0.15) is 5.10 Å². The molecule has 2 saturated heterocycles. The Hall–Kier alpha value is -4.31. The summed E-state index contributed by atoms with van der Waals surface area (Å²) >= 11 is 0. The molecule has 0 spiro atoms. The third-order valence-electron chi connectivity index (χ3n) is 7.92. The van der Waals surface area contributed by atoms with Gasteiger partial charge in [-0.1, -0.05) is 6.07 Å². The van der Waals surface area contributed by atoms with E-state index < -0.39 is 11.9 Å². The van der Waals surface area contributed by atoms with E-state index in [4.69, 9.17) is 4.98 Å². The van der Waals surface area contributed by atoms with Crippen LogP contribution >= 0.6 is 0 Å². The average Bonchev–Trinajstić information content (AvgIpc) is 3.72. The Balaban J connectivity index is 1.27. The smallest absolute Gasteiger partial charge is 0.255 e. The first-order valence-electron chi connectivity index (χ1n) is 13.1. The van der Waals surface area contributed by atoms with Crippen LogP contribution in [0.15, 0.2) is 48.9 Å². The summed E-state index contributed by atoms with van der Waals surface area (Å²) in [6.45, 7) is 3.38. The Morgan fingerprint density at radius 1 is 1.05 bits per heavy atom. The molecule has 192 valence electrons. The maximum absolute atomic E-state index is 13.2. The number of amides is 3. The number of fused-ring (bicyclic) bond motifs is 2. The number of hydrogen-bond acceptors (Lipinski definition) is 6. The van der Waals surface area contributed by atoms with E-state index >= 15 is 0 Å². The molecule has 2 fully saturated rings. The molecular weight excluding hydrogens is 482 g/mol. The number of nitrogens with zero attached hydrogens (tertiary/aromatic N) is 5. The Labute approximate surface area is 218 Å². The van der Waals surface area contributed by atoms with Crippen molar-refractivity contribution in [2.24, 2.45) is 0 Å². The number of hydrogen-bond donors (Lipinski definition) is 2. The summed E-state index contributed by atoms with van der Waals surface area (Å²) in [5.41, 5.74) is 6.21. The van der Waals surface area contributed by atoms with Gasteiger partial charge in [0.25, 0.3) is 5.91 Å². The summed E-state index contributed by atoms with van der Waals surface area (Å²) in [5.74, 6) is -0.863. The van der Waals surface area contributed by atoms with E-state index in [0.29, 0.717) is 18.5 Å². The van der Waals surface area contributed by atoms with Crippen molar-refractivity contribution in [2.75, 3.05) is 13.1 Å². The molecule has 0 aliphatic carbocycles. The molecule has 1 atom stereocenters. The normalized spacial score (nSPS) is 19.9. The van der Waals surface area contributed by atoms with Crippen molar-refractivity contribution in [3.8, 4) is 16.9 Å². The Kier molecular flexibility index (Phi) is 5.36. The number of rotatable bonds is 5. The Bertz CT molecular complexity index is 1580. The summed E-state index contributed by atoms with van der Waals surface area (Å²) in [6.07, 6.45) is 8.68. The van der Waals surface area contributed by atoms with Gasteiger partial charge in [0.1, 0.15) is 11.7 Å². The van der Waals surface area contributed by atoms with Gasteiger partial charge in [-0.15, -0.1) is 0 Å². The Morgan fingerprint density at radius 3 is 2.71 bits per heavy atom. The zero-order valence-corrected chi connectivity index (χ0v) is 20.8. The molecule has 4 aromatic rings. The van der Waals surface area contributed by atoms with Gasteiger partial charge >= 0.3 is 0 Å². The van der Waals surface area contributed by atoms with E-state index in [1.54, 1.807) is 11.1 Å². The fraction of sp³-hybridized carbons (Fsp3) is 0.321. The third kappa shape index (κ3) is 3.79. The minimum atomic E-state index is -0.629. The van der Waals surface area contributed by atoms with Crippen LogP contribution in [0, 0.1) is 0 Å². The molecule has 3 aromatic heterocycles. The van der Waals surface area contributed by atoms with E-state index in [-0.39, 0.29) is 18.2 Å². The molecule has 3 aliphatic rings. The van der Waals surface area contributed by atoms with Crippen molar-refractivity contribution in [1.29, 1.82) is 0 Å². The maximum Gasteiger partial charge on any atom is 0.255 e. The number of pyridine rings is 1. The van der Waals surface area contributed by atoms with Crippen molar-refractivity contribution < 1.29 is 14.4 Å². The standard InChI is InChI=1S/C28H27N7O3/c36-25-6-5-24(27(37)32-25)35-16-18-11-17(3-4-22(18)28(35)38)23-12-19(15-33-8-1-2-9-33)21-7-10-34(26(21)31-23)20-13-29-30-14-20/h3-4,7,10-14,24H,1-2,5-6,8-9,15-16H2,(H,29,30)(H,32,36,37)/t24-/m0/s1. The fourth-order valence-electron chi connectivity index (χ4n) is 5.96. The van der Waals surface area contributed by atoms with E-state index in [1.165, 1.54) is 18.4 Å². The lowest BCUT2D eigenvalue weighted by Crippen LogP contribution is -2.52. The highest BCUT2D eigenvalue weighted by atomic mass is 16.2. The molecule has 0 bridgehead atoms. The van der Waals surface area contributed by atoms with Crippen LogP contribution in [-0.4, -0.2) is 66.4 Å². The first-order chi connectivity index (χ1) is 18.5. The molecule has 10 nitrogen and oxygen atoms in total. The Morgan fingerprint density at radius 2 is 1.92 bits per heavy atom. The van der Waals surface area contributed by atoms with Crippen LogP contribution in [0.2, 0.25) is 0 Å². The summed E-state index contributed by atoms with van der Waals surface area (Å²) < 4.78 is 2.04. The van der Waals surface area contributed by atoms with Crippen molar-refractivity contribution in [3.05, 3.63) is 65.6 Å². The monoisotopic (exact) mass is 509 g/mol. The quantitative estimate of drug-likeness (QED) is 0.400. The number of aromatic nitrogens is 4. The molecule has 10 heteroatoms. The number of carbonyl (C=O) groups is 3. The zero-order chi connectivity index (χ0) is 25.8. The maximum atomic E-state index is 13.2. The van der Waals surface area contributed by atoms with Gasteiger partial charge in [0.15, 0.2) is 0 Å². The van der Waals surface area contributed by atoms with E-state index in [0.717, 1.165) is 53.2 Å². The number of H-pyrrole nitrogens is 1. The number of benzene rings is 1. The lowest BCUT2D eigenvalue weighted by Gasteiger charge is -2.29. The second-order valence-corrected chi connectivity index (χ2v) is 10.3. The van der Waals surface area contributed by atoms with Gasteiger partial charge in [0, 0.05) is 48.4 Å². The van der Waals surface area contributed by atoms with Crippen LogP contribution in [0.4, 0.5) is 0 Å². The van der Waals surface area contributed by atoms with E-state index in [2.05, 4.69) is 32.5 Å². The van der Waals surface area contributed by atoms with Crippen LogP contribution in [0.3, 0.4) is 0 Å². The molecule has 2 N–H and O–H groups in total. The largest absolute Gasteiger partial charge is 0.322 e. The van der Waals surface area contributed by atoms with E-state index in [9.17, 15) is 14.4 Å². The molecular formula is C28H27N7O3. The van der Waals surface area contributed by atoms with Crippen LogP contribution in [0.5, 0.6) is 0 Å². The minimum absolute atomic E-state index is 0.173. The topological polar surface area (TPSA) is 116 Å². The first-order valence-corrected chi connectivity index (χ1v) is 13.1. The summed E-state index contributed by atoms with van der Waals surface area (Å²) in [6, 6.07) is 9.43. The highest BCUT2D eigenvalue weighted by Crippen LogP contribution is 2.33. The highest BCUT2D eigenvalue weighted by molar-refractivity contribution is 6.05. The summed E-state index contributed by atoms with van der Waals surface area (Å²) in [7, 11) is 0. The van der Waals surface area contributed by atoms with Gasteiger partial charge in [-0.25, -0.2) is 4.98 Å². The molecule has 38 heavy (non-hydrogen) atoms. The summed E-state index contributed by atoms with van der Waals surface area (Å²) in [4.78, 5) is 46.3.